The Bertz CT molecular complexity index is 409. The van der Waals surface area contributed by atoms with Crippen LogP contribution < -0.4 is 5.32 Å². The number of nitrogens with zero attached hydrogens (tertiary/aromatic N) is 1. The summed E-state index contributed by atoms with van der Waals surface area (Å²) in [5, 5.41) is 3.30. The molecule has 3 nitrogen and oxygen atoms in total. The summed E-state index contributed by atoms with van der Waals surface area (Å²) in [6, 6.07) is 5.96. The number of ketones is 1. The highest BCUT2D eigenvalue weighted by Crippen LogP contribution is 2.13. The minimum Gasteiger partial charge on any atom is -0.314 e. The van der Waals surface area contributed by atoms with Gasteiger partial charge in [-0.25, -0.2) is 0 Å². The third-order valence-electron chi connectivity index (χ3n) is 3.48. The van der Waals surface area contributed by atoms with Crippen LogP contribution in [-0.4, -0.2) is 43.4 Å². The molecule has 1 aliphatic heterocycles. The maximum absolute atomic E-state index is 12.2. The number of hydrogen-bond donors (Lipinski definition) is 1. The van der Waals surface area contributed by atoms with E-state index in [0.717, 1.165) is 37.3 Å². The first-order valence-electron chi connectivity index (χ1n) is 6.21. The summed E-state index contributed by atoms with van der Waals surface area (Å²) in [5.41, 5.74) is 3.19. The molecule has 17 heavy (non-hydrogen) atoms. The minimum atomic E-state index is 0.244. The zero-order chi connectivity index (χ0) is 12.3. The molecular formula is C14H20N2O. The van der Waals surface area contributed by atoms with Crippen molar-refractivity contribution in [2.24, 2.45) is 0 Å². The van der Waals surface area contributed by atoms with Gasteiger partial charge in [-0.1, -0.05) is 18.2 Å². The topological polar surface area (TPSA) is 32.3 Å². The van der Waals surface area contributed by atoms with E-state index >= 15 is 0 Å². The predicted molar refractivity (Wildman–Crippen MR) is 69.6 cm³/mol. The number of rotatable bonds is 3. The van der Waals surface area contributed by atoms with E-state index in [4.69, 9.17) is 0 Å². The van der Waals surface area contributed by atoms with Crippen LogP contribution in [0.15, 0.2) is 18.2 Å². The monoisotopic (exact) mass is 232 g/mol. The van der Waals surface area contributed by atoms with Crippen molar-refractivity contribution in [1.82, 2.24) is 10.2 Å². The molecule has 1 aromatic rings. The maximum atomic E-state index is 12.2. The summed E-state index contributed by atoms with van der Waals surface area (Å²) in [5.74, 6) is 0.244. The average Bonchev–Trinajstić information content (AvgIpc) is 2.34. The minimum absolute atomic E-state index is 0.244. The summed E-state index contributed by atoms with van der Waals surface area (Å²) >= 11 is 0. The number of Topliss-reactive ketones (excluding diaryl/α,β-unsaturated/α-hetero) is 1. The lowest BCUT2D eigenvalue weighted by molar-refractivity contribution is 0.0921. The van der Waals surface area contributed by atoms with Gasteiger partial charge in [0.2, 0.25) is 0 Å². The van der Waals surface area contributed by atoms with Gasteiger partial charge in [0.25, 0.3) is 0 Å². The van der Waals surface area contributed by atoms with Gasteiger partial charge in [0.1, 0.15) is 0 Å². The van der Waals surface area contributed by atoms with Gasteiger partial charge < -0.3 is 5.32 Å². The van der Waals surface area contributed by atoms with Gasteiger partial charge in [0.05, 0.1) is 6.54 Å². The standard InChI is InChI=1S/C14H20N2O/c1-11-4-3-5-13(12(11)2)14(17)10-16-8-6-15-7-9-16/h3-5,15H,6-10H2,1-2H3. The smallest absolute Gasteiger partial charge is 0.177 e. The molecule has 1 N–H and O–H groups in total. The largest absolute Gasteiger partial charge is 0.314 e. The summed E-state index contributed by atoms with van der Waals surface area (Å²) in [6.07, 6.45) is 0. The highest BCUT2D eigenvalue weighted by molar-refractivity contribution is 5.99. The highest BCUT2D eigenvalue weighted by Gasteiger charge is 2.16. The Morgan fingerprint density at radius 2 is 2.00 bits per heavy atom. The van der Waals surface area contributed by atoms with Crippen LogP contribution in [0, 0.1) is 13.8 Å². The number of carbonyl (C=O) groups excluding carboxylic acids is 1. The normalized spacial score (nSPS) is 17.1. The third kappa shape index (κ3) is 2.93. The third-order valence-corrected chi connectivity index (χ3v) is 3.48. The molecule has 0 spiro atoms. The number of hydrogen-bond acceptors (Lipinski definition) is 3. The van der Waals surface area contributed by atoms with Crippen molar-refractivity contribution in [2.75, 3.05) is 32.7 Å². The van der Waals surface area contributed by atoms with Crippen LogP contribution in [-0.2, 0) is 0 Å². The summed E-state index contributed by atoms with van der Waals surface area (Å²) in [7, 11) is 0. The number of aryl methyl sites for hydroxylation is 1. The molecule has 3 heteroatoms. The van der Waals surface area contributed by atoms with Gasteiger partial charge >= 0.3 is 0 Å². The number of piperazine rings is 1. The quantitative estimate of drug-likeness (QED) is 0.799. The Morgan fingerprint density at radius 1 is 1.29 bits per heavy atom. The number of carbonyl (C=O) groups is 1. The zero-order valence-corrected chi connectivity index (χ0v) is 10.6. The molecule has 0 aromatic heterocycles. The van der Waals surface area contributed by atoms with Crippen molar-refractivity contribution < 1.29 is 4.79 Å². The van der Waals surface area contributed by atoms with E-state index < -0.39 is 0 Å². The average molecular weight is 232 g/mol. The molecule has 1 saturated heterocycles. The molecule has 1 heterocycles. The van der Waals surface area contributed by atoms with Gasteiger partial charge in [-0.05, 0) is 25.0 Å². The second-order valence-electron chi connectivity index (χ2n) is 4.70. The van der Waals surface area contributed by atoms with E-state index in [2.05, 4.69) is 23.2 Å². The second-order valence-corrected chi connectivity index (χ2v) is 4.70. The molecular weight excluding hydrogens is 212 g/mol. The molecule has 0 amide bonds. The van der Waals surface area contributed by atoms with Crippen LogP contribution in [0.4, 0.5) is 0 Å². The fourth-order valence-electron chi connectivity index (χ4n) is 2.21. The predicted octanol–water partition coefficient (Wildman–Crippen LogP) is 1.39. The molecule has 0 bridgehead atoms. The maximum Gasteiger partial charge on any atom is 0.177 e. The van der Waals surface area contributed by atoms with E-state index in [-0.39, 0.29) is 5.78 Å². The Hall–Kier alpha value is -1.19. The zero-order valence-electron chi connectivity index (χ0n) is 10.6. The fourth-order valence-corrected chi connectivity index (χ4v) is 2.21. The SMILES string of the molecule is Cc1cccc(C(=O)CN2CCNCC2)c1C. The van der Waals surface area contributed by atoms with E-state index in [1.54, 1.807) is 0 Å². The lowest BCUT2D eigenvalue weighted by Crippen LogP contribution is -2.45. The molecule has 0 unspecified atom stereocenters. The van der Waals surface area contributed by atoms with Crippen LogP contribution in [0.25, 0.3) is 0 Å². The van der Waals surface area contributed by atoms with Crippen molar-refractivity contribution in [3.8, 4) is 0 Å². The summed E-state index contributed by atoms with van der Waals surface area (Å²) < 4.78 is 0. The van der Waals surface area contributed by atoms with E-state index in [9.17, 15) is 4.79 Å². The number of benzene rings is 1. The first kappa shape index (κ1) is 12.3. The van der Waals surface area contributed by atoms with Crippen molar-refractivity contribution in [3.05, 3.63) is 34.9 Å². The van der Waals surface area contributed by atoms with Gasteiger partial charge in [0.15, 0.2) is 5.78 Å². The summed E-state index contributed by atoms with van der Waals surface area (Å²) in [6.45, 7) is 8.54. The first-order valence-corrected chi connectivity index (χ1v) is 6.21. The molecule has 92 valence electrons. The lowest BCUT2D eigenvalue weighted by atomic mass is 10.00. The van der Waals surface area contributed by atoms with Crippen LogP contribution in [0.2, 0.25) is 0 Å². The van der Waals surface area contributed by atoms with Crippen LogP contribution in [0.5, 0.6) is 0 Å². The van der Waals surface area contributed by atoms with Gasteiger partial charge in [-0.2, -0.15) is 0 Å². The highest BCUT2D eigenvalue weighted by atomic mass is 16.1. The van der Waals surface area contributed by atoms with Crippen molar-refractivity contribution in [1.29, 1.82) is 0 Å². The number of nitrogens with one attached hydrogen (secondary N) is 1. The second kappa shape index (κ2) is 5.43. The Balaban J connectivity index is 2.06. The van der Waals surface area contributed by atoms with E-state index in [0.29, 0.717) is 6.54 Å². The van der Waals surface area contributed by atoms with Crippen molar-refractivity contribution in [2.45, 2.75) is 13.8 Å². The molecule has 0 aliphatic carbocycles. The Labute approximate surface area is 103 Å². The van der Waals surface area contributed by atoms with E-state index in [1.807, 2.05) is 19.1 Å². The lowest BCUT2D eigenvalue weighted by Gasteiger charge is -2.26. The Kier molecular flexibility index (Phi) is 3.92. The molecule has 1 aromatic carbocycles. The van der Waals surface area contributed by atoms with Crippen molar-refractivity contribution >= 4 is 5.78 Å². The van der Waals surface area contributed by atoms with Gasteiger partial charge in [-0.3, -0.25) is 9.69 Å². The van der Waals surface area contributed by atoms with Crippen LogP contribution in [0.3, 0.4) is 0 Å². The van der Waals surface area contributed by atoms with E-state index in [1.165, 1.54) is 5.56 Å². The molecule has 2 rings (SSSR count). The van der Waals surface area contributed by atoms with Crippen LogP contribution >= 0.6 is 0 Å². The molecule has 1 fully saturated rings. The molecule has 0 atom stereocenters. The van der Waals surface area contributed by atoms with Gasteiger partial charge in [-0.15, -0.1) is 0 Å². The van der Waals surface area contributed by atoms with Gasteiger partial charge in [0, 0.05) is 31.7 Å². The molecule has 1 aliphatic rings. The summed E-state index contributed by atoms with van der Waals surface area (Å²) in [4.78, 5) is 14.4. The fraction of sp³-hybridized carbons (Fsp3) is 0.500. The molecule has 0 saturated carbocycles. The van der Waals surface area contributed by atoms with Crippen molar-refractivity contribution in [3.63, 3.8) is 0 Å². The van der Waals surface area contributed by atoms with Crippen LogP contribution in [0.1, 0.15) is 21.5 Å². The Morgan fingerprint density at radius 3 is 2.71 bits per heavy atom. The molecule has 0 radical (unpaired) electrons. The first-order chi connectivity index (χ1) is 8.18.